The average Bonchev–Trinajstić information content (AvgIpc) is 3.03. The number of carbonyl (C=O) groups excluding carboxylic acids is 2. The predicted octanol–water partition coefficient (Wildman–Crippen LogP) is 3.06. The largest absolute Gasteiger partial charge is 0.352 e. The Balaban J connectivity index is 1.59. The number of nitrogens with zero attached hydrogens (tertiary/aromatic N) is 1. The van der Waals surface area contributed by atoms with Gasteiger partial charge in [0, 0.05) is 25.2 Å². The maximum absolute atomic E-state index is 12.9. The first-order valence-electron chi connectivity index (χ1n) is 8.48. The van der Waals surface area contributed by atoms with Crippen LogP contribution in [0.25, 0.3) is 0 Å². The number of hydrogen-bond acceptors (Lipinski definition) is 2. The zero-order chi connectivity index (χ0) is 17.8. The van der Waals surface area contributed by atoms with Crippen molar-refractivity contribution in [3.05, 3.63) is 65.5 Å². The molecule has 130 valence electrons. The van der Waals surface area contributed by atoms with Crippen molar-refractivity contribution in [2.45, 2.75) is 26.3 Å². The summed E-state index contributed by atoms with van der Waals surface area (Å²) < 4.78 is 12.9. The van der Waals surface area contributed by atoms with Crippen molar-refractivity contribution in [2.75, 3.05) is 11.4 Å². The number of benzene rings is 2. The second-order valence-electron chi connectivity index (χ2n) is 6.27. The molecule has 1 aliphatic rings. The molecule has 3 rings (SSSR count). The smallest absolute Gasteiger partial charge is 0.227 e. The van der Waals surface area contributed by atoms with Crippen LogP contribution in [0.4, 0.5) is 10.1 Å². The van der Waals surface area contributed by atoms with Crippen molar-refractivity contribution in [2.24, 2.45) is 5.92 Å². The van der Waals surface area contributed by atoms with Gasteiger partial charge in [0.1, 0.15) is 5.82 Å². The van der Waals surface area contributed by atoms with E-state index in [1.165, 1.54) is 17.7 Å². The van der Waals surface area contributed by atoms with Crippen LogP contribution in [0.5, 0.6) is 0 Å². The molecular weight excluding hydrogens is 319 g/mol. The summed E-state index contributed by atoms with van der Waals surface area (Å²) in [6.07, 6.45) is 1.16. The summed E-state index contributed by atoms with van der Waals surface area (Å²) in [6.45, 7) is 2.80. The van der Waals surface area contributed by atoms with Gasteiger partial charge in [-0.05, 0) is 41.8 Å². The summed E-state index contributed by atoms with van der Waals surface area (Å²) in [6, 6.07) is 13.9. The van der Waals surface area contributed by atoms with Gasteiger partial charge in [0.25, 0.3) is 0 Å². The van der Waals surface area contributed by atoms with Crippen LogP contribution in [0.2, 0.25) is 0 Å². The van der Waals surface area contributed by atoms with Crippen molar-refractivity contribution < 1.29 is 14.0 Å². The van der Waals surface area contributed by atoms with Gasteiger partial charge >= 0.3 is 0 Å². The van der Waals surface area contributed by atoms with Gasteiger partial charge in [0.15, 0.2) is 0 Å². The van der Waals surface area contributed by atoms with Gasteiger partial charge in [0.05, 0.1) is 5.92 Å². The molecule has 0 radical (unpaired) electrons. The minimum absolute atomic E-state index is 0.0359. The van der Waals surface area contributed by atoms with Gasteiger partial charge in [-0.1, -0.05) is 31.2 Å². The molecule has 1 N–H and O–H groups in total. The maximum atomic E-state index is 12.9. The Morgan fingerprint density at radius 2 is 1.76 bits per heavy atom. The molecular formula is C20H21FN2O2. The highest BCUT2D eigenvalue weighted by atomic mass is 19.1. The van der Waals surface area contributed by atoms with Gasteiger partial charge in [0.2, 0.25) is 11.8 Å². The van der Waals surface area contributed by atoms with E-state index >= 15 is 0 Å². The first-order chi connectivity index (χ1) is 12.1. The van der Waals surface area contributed by atoms with Crippen molar-refractivity contribution in [1.82, 2.24) is 5.32 Å². The number of nitrogens with one attached hydrogen (secondary N) is 1. The fourth-order valence-electron chi connectivity index (χ4n) is 2.98. The Labute approximate surface area is 146 Å². The molecule has 4 nitrogen and oxygen atoms in total. The van der Waals surface area contributed by atoms with Crippen molar-refractivity contribution in [3.8, 4) is 0 Å². The highest BCUT2D eigenvalue weighted by Gasteiger charge is 2.34. The van der Waals surface area contributed by atoms with Crippen LogP contribution >= 0.6 is 0 Å². The molecule has 25 heavy (non-hydrogen) atoms. The van der Waals surface area contributed by atoms with Crippen LogP contribution in [0.15, 0.2) is 48.5 Å². The zero-order valence-corrected chi connectivity index (χ0v) is 14.2. The highest BCUT2D eigenvalue weighted by molar-refractivity contribution is 6.00. The lowest BCUT2D eigenvalue weighted by Crippen LogP contribution is -2.32. The summed E-state index contributed by atoms with van der Waals surface area (Å²) in [4.78, 5) is 26.3. The summed E-state index contributed by atoms with van der Waals surface area (Å²) in [5.41, 5.74) is 2.87. The molecule has 0 saturated carbocycles. The molecule has 2 aromatic rings. The summed E-state index contributed by atoms with van der Waals surface area (Å²) in [7, 11) is 0. The lowest BCUT2D eigenvalue weighted by Gasteiger charge is -2.17. The topological polar surface area (TPSA) is 49.4 Å². The van der Waals surface area contributed by atoms with E-state index < -0.39 is 0 Å². The number of rotatable bonds is 5. The number of amides is 2. The monoisotopic (exact) mass is 340 g/mol. The number of aryl methyl sites for hydroxylation is 1. The van der Waals surface area contributed by atoms with Gasteiger partial charge in [-0.3, -0.25) is 9.59 Å². The van der Waals surface area contributed by atoms with Crippen LogP contribution < -0.4 is 10.2 Å². The first kappa shape index (κ1) is 17.1. The van der Waals surface area contributed by atoms with Gasteiger partial charge < -0.3 is 10.2 Å². The van der Waals surface area contributed by atoms with E-state index in [-0.39, 0.29) is 30.0 Å². The Bertz CT molecular complexity index is 756. The number of anilines is 1. The van der Waals surface area contributed by atoms with Crippen LogP contribution in [-0.4, -0.2) is 18.4 Å². The molecule has 1 aliphatic heterocycles. The van der Waals surface area contributed by atoms with Crippen LogP contribution in [-0.2, 0) is 22.6 Å². The molecule has 1 atom stereocenters. The minimum atomic E-state index is -0.362. The van der Waals surface area contributed by atoms with Gasteiger partial charge in [-0.25, -0.2) is 4.39 Å². The van der Waals surface area contributed by atoms with E-state index in [1.807, 2.05) is 24.3 Å². The lowest BCUT2D eigenvalue weighted by molar-refractivity contribution is -0.126. The Morgan fingerprint density at radius 3 is 2.40 bits per heavy atom. The standard InChI is InChI=1S/C20H21FN2O2/c1-2-14-5-9-18(10-6-14)23-13-16(11-19(23)24)20(25)22-12-15-3-7-17(21)8-4-15/h3-10,16H,2,11-13H2,1H3,(H,22,25)/t16-/m1/s1. The van der Waals surface area contributed by atoms with Crippen LogP contribution in [0.1, 0.15) is 24.5 Å². The third kappa shape index (κ3) is 4.05. The molecule has 5 heteroatoms. The first-order valence-corrected chi connectivity index (χ1v) is 8.48. The average molecular weight is 340 g/mol. The molecule has 1 saturated heterocycles. The zero-order valence-electron chi connectivity index (χ0n) is 14.2. The van der Waals surface area contributed by atoms with E-state index in [4.69, 9.17) is 0 Å². The highest BCUT2D eigenvalue weighted by Crippen LogP contribution is 2.25. The molecule has 0 bridgehead atoms. The van der Waals surface area contributed by atoms with Gasteiger partial charge in [-0.15, -0.1) is 0 Å². The predicted molar refractivity (Wildman–Crippen MR) is 94.5 cm³/mol. The van der Waals surface area contributed by atoms with Crippen LogP contribution in [0.3, 0.4) is 0 Å². The summed E-state index contributed by atoms with van der Waals surface area (Å²) >= 11 is 0. The van der Waals surface area contributed by atoms with E-state index in [0.29, 0.717) is 13.1 Å². The Hall–Kier alpha value is -2.69. The second kappa shape index (κ2) is 7.47. The molecule has 1 heterocycles. The summed E-state index contributed by atoms with van der Waals surface area (Å²) in [5.74, 6) is -0.850. The fourth-order valence-corrected chi connectivity index (χ4v) is 2.98. The van der Waals surface area contributed by atoms with E-state index in [1.54, 1.807) is 17.0 Å². The third-order valence-corrected chi connectivity index (χ3v) is 4.53. The number of hydrogen-bond donors (Lipinski definition) is 1. The Morgan fingerprint density at radius 1 is 1.12 bits per heavy atom. The fraction of sp³-hybridized carbons (Fsp3) is 0.300. The van der Waals surface area contributed by atoms with Crippen molar-refractivity contribution >= 4 is 17.5 Å². The number of carbonyl (C=O) groups is 2. The number of halogens is 1. The SMILES string of the molecule is CCc1ccc(N2C[C@H](C(=O)NCc3ccc(F)cc3)CC2=O)cc1. The minimum Gasteiger partial charge on any atom is -0.352 e. The normalized spacial score (nSPS) is 17.0. The molecule has 0 aromatic heterocycles. The Kier molecular flexibility index (Phi) is 5.12. The molecule has 2 amide bonds. The maximum Gasteiger partial charge on any atom is 0.227 e. The lowest BCUT2D eigenvalue weighted by atomic mass is 10.1. The second-order valence-corrected chi connectivity index (χ2v) is 6.27. The van der Waals surface area contributed by atoms with Gasteiger partial charge in [-0.2, -0.15) is 0 Å². The molecule has 0 spiro atoms. The van der Waals surface area contributed by atoms with E-state index in [9.17, 15) is 14.0 Å². The molecule has 2 aromatic carbocycles. The quantitative estimate of drug-likeness (QED) is 0.909. The summed E-state index contributed by atoms with van der Waals surface area (Å²) in [5, 5.41) is 2.83. The van der Waals surface area contributed by atoms with Crippen LogP contribution in [0, 0.1) is 11.7 Å². The third-order valence-electron chi connectivity index (χ3n) is 4.53. The van der Waals surface area contributed by atoms with Crippen molar-refractivity contribution in [3.63, 3.8) is 0 Å². The van der Waals surface area contributed by atoms with Crippen molar-refractivity contribution in [1.29, 1.82) is 0 Å². The van der Waals surface area contributed by atoms with E-state index in [2.05, 4.69) is 12.2 Å². The van der Waals surface area contributed by atoms with E-state index in [0.717, 1.165) is 17.7 Å². The molecule has 0 unspecified atom stereocenters. The molecule has 1 fully saturated rings. The molecule has 0 aliphatic carbocycles.